The molecule has 1 aliphatic rings. The minimum atomic E-state index is -0.814. The number of carbonyl (C=O) groups is 2. The molecule has 1 saturated heterocycles. The van der Waals surface area contributed by atoms with Gasteiger partial charge in [0.2, 0.25) is 11.8 Å². The van der Waals surface area contributed by atoms with Crippen molar-refractivity contribution < 1.29 is 18.4 Å². The lowest BCUT2D eigenvalue weighted by molar-refractivity contribution is -0.132. The van der Waals surface area contributed by atoms with Gasteiger partial charge in [-0.05, 0) is 31.2 Å². The second kappa shape index (κ2) is 6.17. The quantitative estimate of drug-likeness (QED) is 0.812. The van der Waals surface area contributed by atoms with Gasteiger partial charge in [-0.15, -0.1) is 0 Å². The van der Waals surface area contributed by atoms with Gasteiger partial charge in [0.15, 0.2) is 0 Å². The van der Waals surface area contributed by atoms with Crippen LogP contribution in [0.25, 0.3) is 0 Å². The monoisotopic (exact) mass is 297 g/mol. The van der Waals surface area contributed by atoms with Gasteiger partial charge in [-0.25, -0.2) is 8.78 Å². The molecule has 0 aliphatic carbocycles. The van der Waals surface area contributed by atoms with E-state index >= 15 is 0 Å². The Hall–Kier alpha value is -2.02. The maximum atomic E-state index is 14.2. The minimum absolute atomic E-state index is 0.257. The molecule has 2 N–H and O–H groups in total. The number of nitrogens with zero attached hydrogens (tertiary/aromatic N) is 1. The summed E-state index contributed by atoms with van der Waals surface area (Å²) in [5.74, 6) is -2.70. The van der Waals surface area contributed by atoms with Crippen LogP contribution < -0.4 is 15.5 Å². The van der Waals surface area contributed by atoms with E-state index < -0.39 is 29.5 Å². The molecule has 114 valence electrons. The van der Waals surface area contributed by atoms with Crippen LogP contribution in [-0.2, 0) is 16.1 Å². The Labute approximate surface area is 121 Å². The summed E-state index contributed by atoms with van der Waals surface area (Å²) in [6.07, 6.45) is 0. The van der Waals surface area contributed by atoms with E-state index in [1.165, 1.54) is 19.1 Å². The lowest BCUT2D eigenvalue weighted by atomic mass is 10.1. The van der Waals surface area contributed by atoms with Crippen molar-refractivity contribution in [2.45, 2.75) is 26.4 Å². The fourth-order valence-corrected chi connectivity index (χ4v) is 2.25. The van der Waals surface area contributed by atoms with Crippen LogP contribution in [0.1, 0.15) is 19.4 Å². The number of anilines is 1. The van der Waals surface area contributed by atoms with Crippen LogP contribution in [0.2, 0.25) is 0 Å². The van der Waals surface area contributed by atoms with Crippen molar-refractivity contribution in [3.63, 3.8) is 0 Å². The third-order valence-electron chi connectivity index (χ3n) is 3.37. The highest BCUT2D eigenvalue weighted by Crippen LogP contribution is 2.27. The Balaban J connectivity index is 2.34. The largest absolute Gasteiger partial charge is 0.346 e. The van der Waals surface area contributed by atoms with Gasteiger partial charge in [0.1, 0.15) is 23.4 Å². The number of hydrogen-bond donors (Lipinski definition) is 2. The molecular formula is C14H17F2N3O2. The van der Waals surface area contributed by atoms with Crippen LogP contribution >= 0.6 is 0 Å². The highest BCUT2D eigenvalue weighted by atomic mass is 19.1. The zero-order chi connectivity index (χ0) is 15.6. The van der Waals surface area contributed by atoms with Crippen LogP contribution in [0, 0.1) is 11.6 Å². The number of hydrogen-bond acceptors (Lipinski definition) is 4. The molecule has 5 nitrogen and oxygen atoms in total. The number of benzene rings is 1. The van der Waals surface area contributed by atoms with Gasteiger partial charge in [-0.1, -0.05) is 6.92 Å². The van der Waals surface area contributed by atoms with Gasteiger partial charge in [-0.2, -0.15) is 0 Å². The molecule has 2 rings (SSSR count). The van der Waals surface area contributed by atoms with Gasteiger partial charge in [0, 0.05) is 6.54 Å². The summed E-state index contributed by atoms with van der Waals surface area (Å²) in [5.41, 5.74) is 0.127. The first kappa shape index (κ1) is 15.4. The van der Waals surface area contributed by atoms with E-state index in [4.69, 9.17) is 0 Å². The van der Waals surface area contributed by atoms with Crippen LogP contribution in [0.3, 0.4) is 0 Å². The Morgan fingerprint density at radius 3 is 2.52 bits per heavy atom. The molecule has 0 aromatic heterocycles. The highest BCUT2D eigenvalue weighted by molar-refractivity contribution is 6.04. The Morgan fingerprint density at radius 1 is 1.33 bits per heavy atom. The molecule has 0 bridgehead atoms. The average molecular weight is 297 g/mol. The third kappa shape index (κ3) is 3.18. The van der Waals surface area contributed by atoms with Crippen molar-refractivity contribution in [2.24, 2.45) is 0 Å². The first-order valence-corrected chi connectivity index (χ1v) is 6.73. The zero-order valence-corrected chi connectivity index (χ0v) is 11.9. The second-order valence-electron chi connectivity index (χ2n) is 4.90. The predicted octanol–water partition coefficient (Wildman–Crippen LogP) is 0.926. The summed E-state index contributed by atoms with van der Waals surface area (Å²) < 4.78 is 28.4. The van der Waals surface area contributed by atoms with E-state index in [-0.39, 0.29) is 12.2 Å². The molecule has 7 heteroatoms. The van der Waals surface area contributed by atoms with Gasteiger partial charge < -0.3 is 10.2 Å². The summed E-state index contributed by atoms with van der Waals surface area (Å²) in [4.78, 5) is 24.1. The number of carbonyl (C=O) groups excluding carboxylic acids is 2. The molecule has 1 atom stereocenters. The fourth-order valence-electron chi connectivity index (χ4n) is 2.25. The van der Waals surface area contributed by atoms with Crippen molar-refractivity contribution in [1.29, 1.82) is 0 Å². The Kier molecular flexibility index (Phi) is 4.52. The van der Waals surface area contributed by atoms with Gasteiger partial charge in [-0.3, -0.25) is 14.9 Å². The SMILES string of the molecule is CCNCc1cc(F)c(N2CC(=O)NC(=O)C2C)c(F)c1. The Bertz CT molecular complexity index is 554. The maximum absolute atomic E-state index is 14.2. The fraction of sp³-hybridized carbons (Fsp3) is 0.429. The van der Waals surface area contributed by atoms with Gasteiger partial charge in [0.05, 0.1) is 6.54 Å². The number of rotatable bonds is 4. The molecule has 1 fully saturated rings. The average Bonchev–Trinajstić information content (AvgIpc) is 2.41. The van der Waals surface area contributed by atoms with E-state index in [0.717, 1.165) is 4.90 Å². The van der Waals surface area contributed by atoms with Crippen molar-refractivity contribution in [1.82, 2.24) is 10.6 Å². The summed E-state index contributed by atoms with van der Waals surface area (Å²) in [5, 5.41) is 5.11. The first-order valence-electron chi connectivity index (χ1n) is 6.73. The van der Waals surface area contributed by atoms with Crippen LogP contribution in [0.15, 0.2) is 12.1 Å². The molecule has 1 heterocycles. The maximum Gasteiger partial charge on any atom is 0.249 e. The van der Waals surface area contributed by atoms with Crippen LogP contribution in [0.4, 0.5) is 14.5 Å². The first-order chi connectivity index (χ1) is 9.93. The standard InChI is InChI=1S/C14H17F2N3O2/c1-3-17-6-9-4-10(15)13(11(16)5-9)19-7-12(20)18-14(21)8(19)2/h4-5,8,17H,3,6-7H2,1-2H3,(H,18,20,21). The van der Waals surface area contributed by atoms with Crippen molar-refractivity contribution >= 4 is 17.5 Å². The molecule has 1 aromatic carbocycles. The topological polar surface area (TPSA) is 61.4 Å². The molecule has 2 amide bonds. The Morgan fingerprint density at radius 2 is 1.95 bits per heavy atom. The van der Waals surface area contributed by atoms with Crippen LogP contribution in [-0.4, -0.2) is 30.9 Å². The summed E-state index contributed by atoms with van der Waals surface area (Å²) in [7, 11) is 0. The summed E-state index contributed by atoms with van der Waals surface area (Å²) in [6, 6.07) is 1.61. The van der Waals surface area contributed by atoms with Crippen molar-refractivity contribution in [2.75, 3.05) is 18.0 Å². The van der Waals surface area contributed by atoms with E-state index in [2.05, 4.69) is 10.6 Å². The molecule has 1 aliphatic heterocycles. The van der Waals surface area contributed by atoms with Crippen LogP contribution in [0.5, 0.6) is 0 Å². The van der Waals surface area contributed by atoms with Gasteiger partial charge in [0.25, 0.3) is 0 Å². The van der Waals surface area contributed by atoms with Crippen molar-refractivity contribution in [3.05, 3.63) is 29.3 Å². The van der Waals surface area contributed by atoms with E-state index in [9.17, 15) is 18.4 Å². The minimum Gasteiger partial charge on any atom is -0.346 e. The van der Waals surface area contributed by atoms with Gasteiger partial charge >= 0.3 is 0 Å². The summed E-state index contributed by atoms with van der Waals surface area (Å²) >= 11 is 0. The molecular weight excluding hydrogens is 280 g/mol. The lowest BCUT2D eigenvalue weighted by Crippen LogP contribution is -2.57. The molecule has 21 heavy (non-hydrogen) atoms. The van der Waals surface area contributed by atoms with E-state index in [1.807, 2.05) is 6.92 Å². The number of amides is 2. The normalized spacial score (nSPS) is 18.9. The molecule has 0 saturated carbocycles. The number of nitrogens with one attached hydrogen (secondary N) is 2. The number of piperazine rings is 1. The molecule has 0 radical (unpaired) electrons. The number of halogens is 2. The van der Waals surface area contributed by atoms with E-state index in [1.54, 1.807) is 0 Å². The zero-order valence-electron chi connectivity index (χ0n) is 11.9. The number of imide groups is 1. The predicted molar refractivity (Wildman–Crippen MR) is 73.7 cm³/mol. The third-order valence-corrected chi connectivity index (χ3v) is 3.37. The highest BCUT2D eigenvalue weighted by Gasteiger charge is 2.33. The lowest BCUT2D eigenvalue weighted by Gasteiger charge is -2.34. The van der Waals surface area contributed by atoms with Crippen molar-refractivity contribution in [3.8, 4) is 0 Å². The van der Waals surface area contributed by atoms with E-state index in [0.29, 0.717) is 18.7 Å². The molecule has 0 spiro atoms. The molecule has 1 unspecified atom stereocenters. The molecule has 1 aromatic rings. The smallest absolute Gasteiger partial charge is 0.249 e. The second-order valence-corrected chi connectivity index (χ2v) is 4.90. The summed E-state index contributed by atoms with van der Waals surface area (Å²) in [6.45, 7) is 4.16.